The lowest BCUT2D eigenvalue weighted by Crippen LogP contribution is -2.58. The van der Waals surface area contributed by atoms with Gasteiger partial charge in [-0.2, -0.15) is 0 Å². The van der Waals surface area contributed by atoms with Gasteiger partial charge in [0.2, 0.25) is 35.5 Å². The number of carboxylic acid groups (broad SMARTS) is 1. The highest BCUT2D eigenvalue weighted by atomic mass is 32.2. The van der Waals surface area contributed by atoms with E-state index in [1.165, 1.54) is 0 Å². The lowest BCUT2D eigenvalue weighted by atomic mass is 9.94. The topological polar surface area (TPSA) is 341 Å². The number of ether oxygens (including phenoxy) is 3. The van der Waals surface area contributed by atoms with Gasteiger partial charge in [0.05, 0.1) is 23.8 Å². The van der Waals surface area contributed by atoms with Crippen molar-refractivity contribution < 1.29 is 66.1 Å². The van der Waals surface area contributed by atoms with Crippen LogP contribution in [0.3, 0.4) is 0 Å². The standard InChI is InChI=1S/C59H77N9O14S/c1-33-34(2)50(36(4)42-31-59(8,9)82-49(33)42)83(78,79)68-56(60)61-26-16-20-43-51(71)63-32-47(69)64-46(30-48(70)81-58(5,6)7)54(74)67-45(27-37-17-12-10-13-18-37)53(73)66-44(52(72)65-43)19-14-11-15-25-62-57(77)80-41-24-23-39-28-38(35(3)55(75)76)21-22-40(39)29-41/h10,12-13,17-18,21-24,28-29,35,43-46H,11,14-16,19-20,25-27,30-32H2,1-9H3,(H,62,77)(H,63,71)(H,64,69)(H,65,72)(H,66,73)(H,67,74)(H,75,76)(H3,60,61,68)/t35-,43+,44+,45-,46+/m1/s1. The fraction of sp³-hybridized carbons (Fsp3) is 0.475. The van der Waals surface area contributed by atoms with E-state index in [2.05, 4.69) is 41.6 Å². The molecule has 0 radical (unpaired) electrons. The molecule has 1 fully saturated rings. The van der Waals surface area contributed by atoms with Gasteiger partial charge in [-0.05, 0) is 139 Å². The second-order valence-electron chi connectivity index (χ2n) is 22.6. The summed E-state index contributed by atoms with van der Waals surface area (Å²) in [5.41, 5.74) is 8.42. The summed E-state index contributed by atoms with van der Waals surface area (Å²) >= 11 is 0. The number of benzene rings is 4. The molecule has 0 saturated carbocycles. The Kier molecular flexibility index (Phi) is 21.3. The second kappa shape index (κ2) is 27.7. The van der Waals surface area contributed by atoms with E-state index in [1.807, 2.05) is 13.8 Å². The first kappa shape index (κ1) is 63.9. The van der Waals surface area contributed by atoms with Crippen molar-refractivity contribution in [3.63, 3.8) is 0 Å². The molecule has 5 atom stereocenters. The van der Waals surface area contributed by atoms with Crippen LogP contribution < -0.4 is 51.8 Å². The third-order valence-corrected chi connectivity index (χ3v) is 15.8. The van der Waals surface area contributed by atoms with Crippen LogP contribution in [0.5, 0.6) is 11.5 Å². The minimum absolute atomic E-state index is 0.0160. The highest BCUT2D eigenvalue weighted by molar-refractivity contribution is 7.90. The van der Waals surface area contributed by atoms with Crippen LogP contribution in [-0.4, -0.2) is 122 Å². The normalized spacial score (nSPS) is 19.2. The van der Waals surface area contributed by atoms with Crippen LogP contribution >= 0.6 is 0 Å². The van der Waals surface area contributed by atoms with Crippen LogP contribution in [0.4, 0.5) is 4.79 Å². The van der Waals surface area contributed by atoms with Gasteiger partial charge in [0.15, 0.2) is 0 Å². The van der Waals surface area contributed by atoms with Crippen molar-refractivity contribution in [3.8, 4) is 11.5 Å². The Morgan fingerprint density at radius 2 is 1.42 bits per heavy atom. The van der Waals surface area contributed by atoms with Crippen LogP contribution in [-0.2, 0) is 61.2 Å². The molecule has 448 valence electrons. The van der Waals surface area contributed by atoms with Gasteiger partial charge >= 0.3 is 18.0 Å². The fourth-order valence-corrected chi connectivity index (χ4v) is 11.3. The Bertz CT molecular complexity index is 3250. The number of rotatable bonds is 19. The molecule has 2 aliphatic rings. The molecule has 2 heterocycles. The molecule has 23 nitrogen and oxygen atoms in total. The number of sulfonamides is 1. The van der Waals surface area contributed by atoms with E-state index in [1.54, 1.807) is 115 Å². The summed E-state index contributed by atoms with van der Waals surface area (Å²) in [4.78, 5) is 112. The first-order valence-corrected chi connectivity index (χ1v) is 29.1. The molecule has 0 spiro atoms. The zero-order valence-electron chi connectivity index (χ0n) is 48.4. The number of carbonyl (C=O) groups excluding carboxylic acids is 7. The Balaban J connectivity index is 1.17. The summed E-state index contributed by atoms with van der Waals surface area (Å²) in [6.07, 6.45) is 0.170. The zero-order chi connectivity index (χ0) is 61.0. The average Bonchev–Trinajstić information content (AvgIpc) is 3.54. The van der Waals surface area contributed by atoms with Crippen molar-refractivity contribution in [2.24, 2.45) is 10.7 Å². The van der Waals surface area contributed by atoms with Gasteiger partial charge in [-0.25, -0.2) is 17.9 Å². The Morgan fingerprint density at radius 1 is 0.795 bits per heavy atom. The number of nitrogens with zero attached hydrogens (tertiary/aromatic N) is 1. The maximum Gasteiger partial charge on any atom is 0.412 e. The van der Waals surface area contributed by atoms with Crippen molar-refractivity contribution in [2.75, 3.05) is 19.6 Å². The molecule has 6 amide bonds. The molecular formula is C59H77N9O14S. The van der Waals surface area contributed by atoms with Gasteiger partial charge in [0.1, 0.15) is 46.9 Å². The number of carbonyl (C=O) groups is 8. The van der Waals surface area contributed by atoms with Gasteiger partial charge in [-0.1, -0.05) is 67.4 Å². The maximum absolute atomic E-state index is 14.4. The number of guanidine groups is 1. The van der Waals surface area contributed by atoms with E-state index in [0.29, 0.717) is 59.3 Å². The number of nitrogens with one attached hydrogen (secondary N) is 7. The molecule has 1 saturated heterocycles. The molecule has 0 aliphatic carbocycles. The van der Waals surface area contributed by atoms with Crippen molar-refractivity contribution in [1.82, 2.24) is 36.6 Å². The maximum atomic E-state index is 14.4. The number of nitrogens with two attached hydrogens (primary N) is 1. The van der Waals surface area contributed by atoms with Crippen molar-refractivity contribution in [3.05, 3.63) is 100 Å². The molecule has 0 aromatic heterocycles. The lowest BCUT2D eigenvalue weighted by Gasteiger charge is -2.26. The van der Waals surface area contributed by atoms with Crippen LogP contribution in [0.25, 0.3) is 10.8 Å². The molecule has 83 heavy (non-hydrogen) atoms. The lowest BCUT2D eigenvalue weighted by molar-refractivity contribution is -0.156. The van der Waals surface area contributed by atoms with Crippen molar-refractivity contribution in [1.29, 1.82) is 0 Å². The summed E-state index contributed by atoms with van der Waals surface area (Å²) in [6, 6.07) is 13.3. The van der Waals surface area contributed by atoms with Gasteiger partial charge in [0.25, 0.3) is 10.0 Å². The van der Waals surface area contributed by atoms with Crippen molar-refractivity contribution >= 4 is 74.3 Å². The van der Waals surface area contributed by atoms with Crippen LogP contribution in [0, 0.1) is 20.8 Å². The van der Waals surface area contributed by atoms with E-state index in [9.17, 15) is 51.9 Å². The number of aliphatic carboxylic acids is 1. The summed E-state index contributed by atoms with van der Waals surface area (Å²) < 4.78 is 47.2. The number of hydrogen-bond donors (Lipinski definition) is 9. The van der Waals surface area contributed by atoms with Gasteiger partial charge in [-0.3, -0.25) is 38.6 Å². The molecule has 0 bridgehead atoms. The first-order chi connectivity index (χ1) is 39.0. The minimum atomic E-state index is -4.25. The largest absolute Gasteiger partial charge is 0.487 e. The third-order valence-electron chi connectivity index (χ3n) is 14.1. The zero-order valence-corrected chi connectivity index (χ0v) is 49.2. The number of carboxylic acids is 1. The monoisotopic (exact) mass is 1170 g/mol. The highest BCUT2D eigenvalue weighted by Crippen LogP contribution is 2.43. The first-order valence-electron chi connectivity index (χ1n) is 27.6. The number of amides is 6. The molecule has 0 unspecified atom stereocenters. The quantitative estimate of drug-likeness (QED) is 0.0271. The van der Waals surface area contributed by atoms with E-state index in [-0.39, 0.29) is 49.4 Å². The Hall–Kier alpha value is -8.28. The fourth-order valence-electron chi connectivity index (χ4n) is 9.77. The average molecular weight is 1170 g/mol. The van der Waals surface area contributed by atoms with Gasteiger partial charge in [0, 0.05) is 31.5 Å². The second-order valence-corrected chi connectivity index (χ2v) is 24.2. The predicted octanol–water partition coefficient (Wildman–Crippen LogP) is 4.43. The number of esters is 1. The minimum Gasteiger partial charge on any atom is -0.487 e. The van der Waals surface area contributed by atoms with E-state index in [0.717, 1.165) is 16.3 Å². The molecule has 6 rings (SSSR count). The summed E-state index contributed by atoms with van der Waals surface area (Å²) in [7, 11) is -4.25. The number of fused-ring (bicyclic) bond motifs is 2. The van der Waals surface area contributed by atoms with Gasteiger partial charge in [-0.15, -0.1) is 0 Å². The SMILES string of the molecule is Cc1c(C)c(S(=O)(=O)NC(N)=NCCC[C@@H]2NC(=O)[C@H](CCCCCNC(=O)Oc3ccc4cc([C@@H](C)C(=O)O)ccc4c3)NC(=O)[C@@H](Cc3ccccc3)NC(=O)[C@H](CC(=O)OC(C)(C)C)NC(=O)CNC2=O)c(C)c2c1OC(C)(C)C2. The van der Waals surface area contributed by atoms with E-state index < -0.39 is 118 Å². The molecule has 4 aromatic rings. The van der Waals surface area contributed by atoms with Crippen LogP contribution in [0.2, 0.25) is 0 Å². The van der Waals surface area contributed by atoms with Crippen LogP contribution in [0.15, 0.2) is 76.6 Å². The Morgan fingerprint density at radius 3 is 2.11 bits per heavy atom. The highest BCUT2D eigenvalue weighted by Gasteiger charge is 2.38. The smallest absolute Gasteiger partial charge is 0.412 e. The van der Waals surface area contributed by atoms with Crippen LogP contribution in [0.1, 0.15) is 126 Å². The summed E-state index contributed by atoms with van der Waals surface area (Å²) in [5.74, 6) is -6.18. The molecule has 24 heteroatoms. The van der Waals surface area contributed by atoms with Crippen molar-refractivity contribution in [2.45, 2.75) is 166 Å². The number of unbranched alkanes of at least 4 members (excludes halogenated alkanes) is 2. The Labute approximate surface area is 483 Å². The van der Waals surface area contributed by atoms with E-state index >= 15 is 0 Å². The predicted molar refractivity (Wildman–Crippen MR) is 309 cm³/mol. The summed E-state index contributed by atoms with van der Waals surface area (Å²) in [5, 5.41) is 26.7. The molecular weight excluding hydrogens is 1090 g/mol. The van der Waals surface area contributed by atoms with Gasteiger partial charge < -0.3 is 57.0 Å². The van der Waals surface area contributed by atoms with E-state index in [4.69, 9.17) is 19.9 Å². The molecule has 2 aliphatic heterocycles. The molecule has 10 N–H and O–H groups in total. The summed E-state index contributed by atoms with van der Waals surface area (Å²) in [6.45, 7) is 14.9. The number of aliphatic imine (C=N–C) groups is 1. The third kappa shape index (κ3) is 18.1. The molecule has 4 aromatic carbocycles. The number of hydrogen-bond acceptors (Lipinski definition) is 14.